The lowest BCUT2D eigenvalue weighted by Crippen LogP contribution is -2.51. The summed E-state index contributed by atoms with van der Waals surface area (Å²) >= 11 is 18.9. The maximum atomic E-state index is 13.7. The molecule has 0 saturated heterocycles. The fourth-order valence-corrected chi connectivity index (χ4v) is 4.45. The van der Waals surface area contributed by atoms with E-state index in [1.54, 1.807) is 35.2 Å². The lowest BCUT2D eigenvalue weighted by Gasteiger charge is -2.32. The third-order valence-corrected chi connectivity index (χ3v) is 6.40. The summed E-state index contributed by atoms with van der Waals surface area (Å²) in [5.74, 6) is -0.450. The molecule has 0 spiro atoms. The van der Waals surface area contributed by atoms with E-state index in [4.69, 9.17) is 34.8 Å². The Bertz CT molecular complexity index is 1100. The fraction of sp³-hybridized carbons (Fsp3) is 0.259. The zero-order valence-corrected chi connectivity index (χ0v) is 21.2. The standard InChI is InChI=1S/C27H27Cl3N2O2/c1-2-14-31-27(34)25(16-19-8-4-3-5-9-19)32(18-20-10-6-11-21(28)15-20)26(33)17-22-23(29)12-7-13-24(22)30/h3-13,15,25H,2,14,16-18H2,1H3,(H,31,34)/t25-/m1/s1. The summed E-state index contributed by atoms with van der Waals surface area (Å²) in [4.78, 5) is 28.6. The van der Waals surface area contributed by atoms with E-state index >= 15 is 0 Å². The van der Waals surface area contributed by atoms with Gasteiger partial charge in [-0.2, -0.15) is 0 Å². The Morgan fingerprint density at radius 2 is 1.53 bits per heavy atom. The number of nitrogens with zero attached hydrogens (tertiary/aromatic N) is 1. The highest BCUT2D eigenvalue weighted by atomic mass is 35.5. The number of hydrogen-bond acceptors (Lipinski definition) is 2. The molecule has 7 heteroatoms. The van der Waals surface area contributed by atoms with Crippen LogP contribution >= 0.6 is 34.8 Å². The number of carbonyl (C=O) groups is 2. The van der Waals surface area contributed by atoms with Crippen molar-refractivity contribution in [2.75, 3.05) is 6.54 Å². The molecule has 3 aromatic carbocycles. The summed E-state index contributed by atoms with van der Waals surface area (Å²) in [6.07, 6.45) is 1.14. The predicted octanol–water partition coefficient (Wildman–Crippen LogP) is 6.36. The Morgan fingerprint density at radius 3 is 2.18 bits per heavy atom. The second-order valence-corrected chi connectivity index (χ2v) is 9.28. The van der Waals surface area contributed by atoms with Crippen molar-refractivity contribution in [3.8, 4) is 0 Å². The minimum atomic E-state index is -0.721. The van der Waals surface area contributed by atoms with E-state index in [2.05, 4.69) is 5.32 Å². The lowest BCUT2D eigenvalue weighted by atomic mass is 10.0. The maximum Gasteiger partial charge on any atom is 0.243 e. The summed E-state index contributed by atoms with van der Waals surface area (Å²) in [6, 6.07) is 21.4. The van der Waals surface area contributed by atoms with Crippen LogP contribution in [0.5, 0.6) is 0 Å². The van der Waals surface area contributed by atoms with Gasteiger partial charge in [-0.3, -0.25) is 9.59 Å². The van der Waals surface area contributed by atoms with Crippen LogP contribution < -0.4 is 5.32 Å². The smallest absolute Gasteiger partial charge is 0.243 e. The number of carbonyl (C=O) groups excluding carboxylic acids is 2. The van der Waals surface area contributed by atoms with Gasteiger partial charge in [-0.1, -0.05) is 90.3 Å². The van der Waals surface area contributed by atoms with Crippen molar-refractivity contribution in [1.29, 1.82) is 0 Å². The summed E-state index contributed by atoms with van der Waals surface area (Å²) in [6.45, 7) is 2.74. The molecule has 0 saturated carbocycles. The van der Waals surface area contributed by atoms with Crippen molar-refractivity contribution in [2.45, 2.75) is 38.8 Å². The first-order chi connectivity index (χ1) is 16.4. The van der Waals surface area contributed by atoms with Crippen LogP contribution in [0.25, 0.3) is 0 Å². The van der Waals surface area contributed by atoms with Crippen LogP contribution in [0.2, 0.25) is 15.1 Å². The molecule has 0 fully saturated rings. The number of rotatable bonds is 10. The second-order valence-electron chi connectivity index (χ2n) is 8.03. The number of amides is 2. The molecule has 4 nitrogen and oxygen atoms in total. The molecule has 0 aliphatic heterocycles. The van der Waals surface area contributed by atoms with Crippen LogP contribution in [0.1, 0.15) is 30.0 Å². The maximum absolute atomic E-state index is 13.7. The molecule has 1 atom stereocenters. The van der Waals surface area contributed by atoms with Gasteiger partial charge in [0.2, 0.25) is 11.8 Å². The van der Waals surface area contributed by atoms with Gasteiger partial charge in [0.15, 0.2) is 0 Å². The van der Waals surface area contributed by atoms with E-state index in [0.29, 0.717) is 33.6 Å². The summed E-state index contributed by atoms with van der Waals surface area (Å²) in [5.41, 5.74) is 2.32. The molecule has 0 unspecified atom stereocenters. The molecular formula is C27H27Cl3N2O2. The van der Waals surface area contributed by atoms with Gasteiger partial charge in [0.1, 0.15) is 6.04 Å². The van der Waals surface area contributed by atoms with Crippen molar-refractivity contribution in [2.24, 2.45) is 0 Å². The zero-order valence-electron chi connectivity index (χ0n) is 18.9. The van der Waals surface area contributed by atoms with Crippen LogP contribution in [0.4, 0.5) is 0 Å². The summed E-state index contributed by atoms with van der Waals surface area (Å²) in [5, 5.41) is 4.36. The topological polar surface area (TPSA) is 49.4 Å². The van der Waals surface area contributed by atoms with Crippen molar-refractivity contribution in [3.63, 3.8) is 0 Å². The van der Waals surface area contributed by atoms with Gasteiger partial charge in [0.25, 0.3) is 0 Å². The number of hydrogen-bond donors (Lipinski definition) is 1. The molecule has 34 heavy (non-hydrogen) atoms. The van der Waals surface area contributed by atoms with Gasteiger partial charge >= 0.3 is 0 Å². The van der Waals surface area contributed by atoms with E-state index in [1.165, 1.54) is 0 Å². The highest BCUT2D eigenvalue weighted by Gasteiger charge is 2.31. The molecule has 2 amide bonds. The normalized spacial score (nSPS) is 11.6. The van der Waals surface area contributed by atoms with Gasteiger partial charge in [0.05, 0.1) is 6.42 Å². The molecule has 0 bridgehead atoms. The van der Waals surface area contributed by atoms with Crippen LogP contribution in [-0.4, -0.2) is 29.3 Å². The Balaban J connectivity index is 1.99. The molecule has 0 aromatic heterocycles. The molecule has 3 aromatic rings. The highest BCUT2D eigenvalue weighted by molar-refractivity contribution is 6.36. The Morgan fingerprint density at radius 1 is 0.882 bits per heavy atom. The third kappa shape index (κ3) is 7.23. The highest BCUT2D eigenvalue weighted by Crippen LogP contribution is 2.26. The van der Waals surface area contributed by atoms with E-state index in [1.807, 2.05) is 49.4 Å². The number of benzene rings is 3. The van der Waals surface area contributed by atoms with E-state index in [0.717, 1.165) is 17.5 Å². The van der Waals surface area contributed by atoms with E-state index in [9.17, 15) is 9.59 Å². The first-order valence-electron chi connectivity index (χ1n) is 11.2. The first kappa shape index (κ1) is 26.1. The number of nitrogens with one attached hydrogen (secondary N) is 1. The third-order valence-electron chi connectivity index (χ3n) is 5.45. The largest absolute Gasteiger partial charge is 0.354 e. The molecule has 0 heterocycles. The fourth-order valence-electron chi connectivity index (χ4n) is 3.71. The molecular weight excluding hydrogens is 491 g/mol. The van der Waals surface area contributed by atoms with Crippen molar-refractivity contribution in [1.82, 2.24) is 10.2 Å². The molecule has 0 aliphatic carbocycles. The summed E-state index contributed by atoms with van der Waals surface area (Å²) < 4.78 is 0. The average molecular weight is 518 g/mol. The summed E-state index contributed by atoms with van der Waals surface area (Å²) in [7, 11) is 0. The van der Waals surface area contributed by atoms with Crippen LogP contribution in [0.3, 0.4) is 0 Å². The zero-order chi connectivity index (χ0) is 24.5. The Kier molecular flexibility index (Phi) is 9.82. The quantitative estimate of drug-likeness (QED) is 0.340. The molecule has 3 rings (SSSR count). The van der Waals surface area contributed by atoms with Crippen molar-refractivity contribution in [3.05, 3.63) is 105 Å². The van der Waals surface area contributed by atoms with E-state index < -0.39 is 6.04 Å². The second kappa shape index (κ2) is 12.8. The Labute approximate surface area is 215 Å². The lowest BCUT2D eigenvalue weighted by molar-refractivity contribution is -0.140. The first-order valence-corrected chi connectivity index (χ1v) is 12.3. The minimum absolute atomic E-state index is 0.0224. The van der Waals surface area contributed by atoms with E-state index in [-0.39, 0.29) is 24.8 Å². The Hall–Kier alpha value is -2.53. The van der Waals surface area contributed by atoms with Gasteiger partial charge in [-0.15, -0.1) is 0 Å². The van der Waals surface area contributed by atoms with Crippen LogP contribution in [-0.2, 0) is 29.0 Å². The minimum Gasteiger partial charge on any atom is -0.354 e. The molecule has 178 valence electrons. The average Bonchev–Trinajstić information content (AvgIpc) is 2.82. The van der Waals surface area contributed by atoms with Crippen molar-refractivity contribution < 1.29 is 9.59 Å². The molecule has 1 N–H and O–H groups in total. The van der Waals surface area contributed by atoms with Crippen LogP contribution in [0, 0.1) is 0 Å². The molecule has 0 aliphatic rings. The van der Waals surface area contributed by atoms with Crippen molar-refractivity contribution >= 4 is 46.6 Å². The van der Waals surface area contributed by atoms with Gasteiger partial charge in [0, 0.05) is 34.6 Å². The van der Waals surface area contributed by atoms with Crippen LogP contribution in [0.15, 0.2) is 72.8 Å². The SMILES string of the molecule is CCCNC(=O)[C@@H](Cc1ccccc1)N(Cc1cccc(Cl)c1)C(=O)Cc1c(Cl)cccc1Cl. The monoisotopic (exact) mass is 516 g/mol. The van der Waals surface area contributed by atoms with Gasteiger partial charge in [-0.25, -0.2) is 0 Å². The molecule has 0 radical (unpaired) electrons. The van der Waals surface area contributed by atoms with Gasteiger partial charge in [-0.05, 0) is 47.4 Å². The van der Waals surface area contributed by atoms with Gasteiger partial charge < -0.3 is 10.2 Å². The number of halogens is 3. The predicted molar refractivity (Wildman–Crippen MR) is 139 cm³/mol.